The van der Waals surface area contributed by atoms with Crippen LogP contribution in [0.3, 0.4) is 0 Å². The van der Waals surface area contributed by atoms with E-state index in [-0.39, 0.29) is 24.1 Å². The van der Waals surface area contributed by atoms with Gasteiger partial charge in [0.1, 0.15) is 23.6 Å². The molecular formula is C30H40F3N7O. The maximum atomic E-state index is 13.5. The zero-order chi connectivity index (χ0) is 29.4. The third kappa shape index (κ3) is 7.01. The lowest BCUT2D eigenvalue weighted by molar-refractivity contribution is -0.161. The van der Waals surface area contributed by atoms with E-state index in [2.05, 4.69) is 53.9 Å². The average Bonchev–Trinajstić information content (AvgIpc) is 3.48. The Bertz CT molecular complexity index is 1470. The molecule has 5 rings (SSSR count). The highest BCUT2D eigenvalue weighted by atomic mass is 19.4. The number of halogens is 3. The zero-order valence-corrected chi connectivity index (χ0v) is 24.2. The van der Waals surface area contributed by atoms with Gasteiger partial charge in [-0.15, -0.1) is 0 Å². The summed E-state index contributed by atoms with van der Waals surface area (Å²) in [6.45, 7) is 6.41. The maximum absolute atomic E-state index is 13.5. The predicted octanol–water partition coefficient (Wildman–Crippen LogP) is 5.87. The summed E-state index contributed by atoms with van der Waals surface area (Å²) in [5.74, 6) is 1.72. The predicted molar refractivity (Wildman–Crippen MR) is 155 cm³/mol. The number of H-pyrrole nitrogens is 1. The fourth-order valence-corrected chi connectivity index (χ4v) is 5.83. The van der Waals surface area contributed by atoms with Crippen LogP contribution < -0.4 is 5.73 Å². The van der Waals surface area contributed by atoms with Crippen LogP contribution in [0.5, 0.6) is 0 Å². The first-order valence-corrected chi connectivity index (χ1v) is 14.3. The molecule has 11 heteroatoms. The van der Waals surface area contributed by atoms with E-state index in [4.69, 9.17) is 15.5 Å². The molecule has 3 heterocycles. The summed E-state index contributed by atoms with van der Waals surface area (Å²) >= 11 is 0. The number of nitrogen functional groups attached to an aromatic ring is 1. The molecule has 0 aliphatic heterocycles. The molecule has 41 heavy (non-hydrogen) atoms. The number of alkyl halides is 3. The normalized spacial score (nSPS) is 18.8. The number of aryl methyl sites for hydroxylation is 2. The third-order valence-electron chi connectivity index (χ3n) is 8.35. The second kappa shape index (κ2) is 11.6. The molecule has 0 saturated heterocycles. The molecule has 0 bridgehead atoms. The van der Waals surface area contributed by atoms with Crippen molar-refractivity contribution in [2.75, 3.05) is 25.9 Å². The van der Waals surface area contributed by atoms with Crippen LogP contribution >= 0.6 is 0 Å². The largest absolute Gasteiger partial charge is 0.401 e. The number of nitrogens with one attached hydrogen (secondary N) is 1. The molecule has 4 aromatic rings. The summed E-state index contributed by atoms with van der Waals surface area (Å²) in [5, 5.41) is 0.762. The monoisotopic (exact) mass is 571 g/mol. The van der Waals surface area contributed by atoms with Gasteiger partial charge in [-0.1, -0.05) is 26.8 Å². The number of hydrogen-bond acceptors (Lipinski definition) is 6. The molecule has 1 unspecified atom stereocenters. The van der Waals surface area contributed by atoms with E-state index in [1.54, 1.807) is 12.0 Å². The first-order valence-electron chi connectivity index (χ1n) is 14.3. The van der Waals surface area contributed by atoms with Gasteiger partial charge >= 0.3 is 6.18 Å². The maximum Gasteiger partial charge on any atom is 0.401 e. The Labute approximate surface area is 238 Å². The number of anilines is 1. The van der Waals surface area contributed by atoms with Gasteiger partial charge in [0.15, 0.2) is 0 Å². The molecule has 1 fully saturated rings. The second-order valence-electron chi connectivity index (χ2n) is 12.4. The highest BCUT2D eigenvalue weighted by Gasteiger charge is 2.40. The summed E-state index contributed by atoms with van der Waals surface area (Å²) < 4.78 is 48.2. The van der Waals surface area contributed by atoms with Crippen LogP contribution in [0.4, 0.5) is 19.0 Å². The number of ether oxygens (including phenoxy) is 1. The molecule has 0 amide bonds. The second-order valence-corrected chi connectivity index (χ2v) is 12.4. The number of methoxy groups -OCH3 is 1. The van der Waals surface area contributed by atoms with E-state index in [1.807, 2.05) is 16.8 Å². The van der Waals surface area contributed by atoms with Gasteiger partial charge in [0, 0.05) is 38.9 Å². The van der Waals surface area contributed by atoms with Crippen LogP contribution in [0.25, 0.3) is 22.1 Å². The van der Waals surface area contributed by atoms with Crippen LogP contribution in [-0.2, 0) is 23.1 Å². The van der Waals surface area contributed by atoms with Gasteiger partial charge in [0.25, 0.3) is 0 Å². The Hall–Kier alpha value is -3.18. The van der Waals surface area contributed by atoms with Gasteiger partial charge < -0.3 is 20.0 Å². The van der Waals surface area contributed by atoms with E-state index in [0.29, 0.717) is 30.3 Å². The number of aromatic nitrogens is 5. The Morgan fingerprint density at radius 2 is 1.95 bits per heavy atom. The number of rotatable bonds is 11. The van der Waals surface area contributed by atoms with E-state index in [0.717, 1.165) is 47.9 Å². The molecule has 222 valence electrons. The molecule has 3 N–H and O–H groups in total. The third-order valence-corrected chi connectivity index (χ3v) is 8.35. The van der Waals surface area contributed by atoms with Gasteiger partial charge in [-0.05, 0) is 60.8 Å². The standard InChI is InChI=1S/C30H40F3N7O/c1-29(2,3)20-6-7-24-25(15-20)38-26(37-24)8-5-19-13-21(14-19)40(17-30(31,32)33)16-22(41-4)9-11-39-12-10-23-27(34)35-18-36-28(23)39/h6-7,10,12,15,18-19,21-22H,5,8-9,11,13-14,16-17H2,1-4H3,(H,37,38)(H2,34,35,36). The quantitative estimate of drug-likeness (QED) is 0.234. The van der Waals surface area contributed by atoms with Gasteiger partial charge in [-0.2, -0.15) is 13.2 Å². The Morgan fingerprint density at radius 1 is 1.17 bits per heavy atom. The van der Waals surface area contributed by atoms with Crippen LogP contribution in [0, 0.1) is 5.92 Å². The number of imidazole rings is 1. The topological polar surface area (TPSA) is 97.9 Å². The molecule has 0 spiro atoms. The fourth-order valence-electron chi connectivity index (χ4n) is 5.83. The molecule has 8 nitrogen and oxygen atoms in total. The van der Waals surface area contributed by atoms with E-state index < -0.39 is 12.7 Å². The number of hydrogen-bond donors (Lipinski definition) is 2. The molecule has 1 aliphatic rings. The van der Waals surface area contributed by atoms with Gasteiger partial charge in [0.2, 0.25) is 0 Å². The summed E-state index contributed by atoms with van der Waals surface area (Å²) in [6.07, 6.45) is 2.42. The number of nitrogens with two attached hydrogens (primary N) is 1. The first-order chi connectivity index (χ1) is 19.4. The molecular weight excluding hydrogens is 531 g/mol. The summed E-state index contributed by atoms with van der Waals surface area (Å²) in [4.78, 5) is 18.1. The molecule has 1 saturated carbocycles. The molecule has 1 aromatic carbocycles. The smallest absolute Gasteiger partial charge is 0.383 e. The molecule has 0 radical (unpaired) electrons. The molecule has 3 aromatic heterocycles. The summed E-state index contributed by atoms with van der Waals surface area (Å²) in [5.41, 5.74) is 9.93. The fraction of sp³-hybridized carbons (Fsp3) is 0.567. The van der Waals surface area contributed by atoms with Crippen molar-refractivity contribution in [1.29, 1.82) is 0 Å². The van der Waals surface area contributed by atoms with Crippen LogP contribution in [0.1, 0.15) is 57.8 Å². The minimum atomic E-state index is -4.27. The lowest BCUT2D eigenvalue weighted by Crippen LogP contribution is -2.51. The number of aromatic amines is 1. The zero-order valence-electron chi connectivity index (χ0n) is 24.2. The lowest BCUT2D eigenvalue weighted by Gasteiger charge is -2.44. The highest BCUT2D eigenvalue weighted by molar-refractivity contribution is 5.85. The number of benzene rings is 1. The van der Waals surface area contributed by atoms with Crippen molar-refractivity contribution in [1.82, 2.24) is 29.4 Å². The van der Waals surface area contributed by atoms with Gasteiger partial charge in [0.05, 0.1) is 29.1 Å². The highest BCUT2D eigenvalue weighted by Crippen LogP contribution is 2.37. The molecule has 1 aliphatic carbocycles. The van der Waals surface area contributed by atoms with Crippen molar-refractivity contribution in [3.05, 3.63) is 48.2 Å². The van der Waals surface area contributed by atoms with Crippen molar-refractivity contribution in [2.24, 2.45) is 5.92 Å². The van der Waals surface area contributed by atoms with Crippen molar-refractivity contribution in [3.63, 3.8) is 0 Å². The van der Waals surface area contributed by atoms with E-state index in [9.17, 15) is 13.2 Å². The van der Waals surface area contributed by atoms with Crippen LogP contribution in [0.15, 0.2) is 36.8 Å². The van der Waals surface area contributed by atoms with E-state index in [1.165, 1.54) is 11.9 Å². The van der Waals surface area contributed by atoms with Gasteiger partial charge in [-0.3, -0.25) is 4.90 Å². The van der Waals surface area contributed by atoms with Crippen molar-refractivity contribution in [2.45, 2.75) is 83.2 Å². The number of nitrogens with zero attached hydrogens (tertiary/aromatic N) is 5. The number of fused-ring (bicyclic) bond motifs is 2. The minimum absolute atomic E-state index is 0.0602. The van der Waals surface area contributed by atoms with E-state index >= 15 is 0 Å². The summed E-state index contributed by atoms with van der Waals surface area (Å²) in [7, 11) is 1.56. The minimum Gasteiger partial charge on any atom is -0.383 e. The van der Waals surface area contributed by atoms with Crippen molar-refractivity contribution in [3.8, 4) is 0 Å². The Balaban J connectivity index is 1.16. The Morgan fingerprint density at radius 3 is 2.66 bits per heavy atom. The van der Waals surface area contributed by atoms with Crippen molar-refractivity contribution >= 4 is 27.9 Å². The van der Waals surface area contributed by atoms with Crippen LogP contribution in [0.2, 0.25) is 0 Å². The van der Waals surface area contributed by atoms with Crippen molar-refractivity contribution < 1.29 is 17.9 Å². The van der Waals surface area contributed by atoms with Crippen LogP contribution in [-0.4, -0.2) is 67.9 Å². The molecule has 1 atom stereocenters. The Kier molecular flexibility index (Phi) is 8.29. The SMILES string of the molecule is COC(CCn1ccc2c(N)ncnc21)CN(CC(F)(F)F)C1CC(CCc2nc3ccc(C(C)(C)C)cc3[nH]2)C1. The summed E-state index contributed by atoms with van der Waals surface area (Å²) in [6, 6.07) is 8.08. The first kappa shape index (κ1) is 29.3. The lowest BCUT2D eigenvalue weighted by atomic mass is 9.76. The van der Waals surface area contributed by atoms with Gasteiger partial charge in [-0.25, -0.2) is 15.0 Å². The average molecular weight is 572 g/mol.